The summed E-state index contributed by atoms with van der Waals surface area (Å²) in [6.07, 6.45) is -3.11. The highest BCUT2D eigenvalue weighted by atomic mass is 16.6. The molecule has 1 aliphatic heterocycles. The molecule has 3 heterocycles. The minimum absolute atomic E-state index is 0.183. The van der Waals surface area contributed by atoms with E-state index in [1.165, 1.54) is 17.2 Å². The van der Waals surface area contributed by atoms with Crippen LogP contribution in [0.15, 0.2) is 67.3 Å². The van der Waals surface area contributed by atoms with Gasteiger partial charge in [0.15, 0.2) is 23.8 Å². The molecule has 5 atom stereocenters. The molecule has 1 unspecified atom stereocenters. The van der Waals surface area contributed by atoms with Crippen molar-refractivity contribution in [3.63, 3.8) is 0 Å². The van der Waals surface area contributed by atoms with E-state index in [-0.39, 0.29) is 5.82 Å². The van der Waals surface area contributed by atoms with Gasteiger partial charge in [-0.25, -0.2) is 19.7 Å². The molecule has 34 heavy (non-hydrogen) atoms. The molecule has 174 valence electrons. The third-order valence-corrected chi connectivity index (χ3v) is 5.85. The highest BCUT2D eigenvalue weighted by molar-refractivity contribution is 5.89. The van der Waals surface area contributed by atoms with Gasteiger partial charge < -0.3 is 25.4 Å². The second-order valence-electron chi connectivity index (χ2n) is 8.16. The fourth-order valence-electron chi connectivity index (χ4n) is 4.15. The summed E-state index contributed by atoms with van der Waals surface area (Å²) in [6.45, 7) is 1.91. The Morgan fingerprint density at radius 1 is 1.09 bits per heavy atom. The van der Waals surface area contributed by atoms with E-state index in [4.69, 9.17) is 15.2 Å². The molecule has 2 aromatic heterocycles. The minimum Gasteiger partial charge on any atom is -0.451 e. The van der Waals surface area contributed by atoms with Crippen molar-refractivity contribution in [1.29, 1.82) is 0 Å². The highest BCUT2D eigenvalue weighted by Crippen LogP contribution is 2.39. The van der Waals surface area contributed by atoms with E-state index in [9.17, 15) is 15.0 Å². The van der Waals surface area contributed by atoms with Gasteiger partial charge in [0.25, 0.3) is 0 Å². The van der Waals surface area contributed by atoms with Crippen molar-refractivity contribution in [3.05, 3.63) is 83.9 Å². The molecule has 0 amide bonds. The average molecular weight is 461 g/mol. The van der Waals surface area contributed by atoms with Gasteiger partial charge in [0.05, 0.1) is 11.9 Å². The standard InChI is InChI=1S/C24H23N5O5/c1-13-6-5-9-15(10-13)19(34-24(32)14-7-3-2-4-8-14)20-17(30)18(31)23(33-20)29-12-28-16-21(25)26-11-27-22(16)29/h2-12,17-20,23,30-31H,1H3,(H2,25,26,27)/t17-,18+,19?,20-,23+/m0/s1. The van der Waals surface area contributed by atoms with Crippen LogP contribution in [0.1, 0.15) is 33.8 Å². The molecule has 10 heteroatoms. The van der Waals surface area contributed by atoms with Crippen molar-refractivity contribution in [3.8, 4) is 0 Å². The molecule has 1 aliphatic rings. The Kier molecular flexibility index (Phi) is 5.70. The summed E-state index contributed by atoms with van der Waals surface area (Å²) < 4.78 is 13.4. The zero-order valence-electron chi connectivity index (χ0n) is 18.2. The Balaban J connectivity index is 1.50. The molecule has 2 aromatic carbocycles. The lowest BCUT2D eigenvalue weighted by Crippen LogP contribution is -2.36. The van der Waals surface area contributed by atoms with Crippen LogP contribution in [-0.4, -0.2) is 54.0 Å². The number of aliphatic hydroxyl groups is 2. The molecule has 1 saturated heterocycles. The summed E-state index contributed by atoms with van der Waals surface area (Å²) in [4.78, 5) is 25.2. The molecular formula is C24H23N5O5. The van der Waals surface area contributed by atoms with Gasteiger partial charge >= 0.3 is 5.97 Å². The summed E-state index contributed by atoms with van der Waals surface area (Å²) in [7, 11) is 0. The Bertz CT molecular complexity index is 1330. The van der Waals surface area contributed by atoms with Crippen molar-refractivity contribution < 1.29 is 24.5 Å². The van der Waals surface area contributed by atoms with Crippen LogP contribution in [0.2, 0.25) is 0 Å². The first-order valence-electron chi connectivity index (χ1n) is 10.7. The smallest absolute Gasteiger partial charge is 0.338 e. The van der Waals surface area contributed by atoms with Gasteiger partial charge in [-0.1, -0.05) is 48.0 Å². The number of nitrogen functional groups attached to an aromatic ring is 1. The zero-order valence-corrected chi connectivity index (χ0v) is 18.2. The zero-order chi connectivity index (χ0) is 23.8. The second kappa shape index (κ2) is 8.82. The van der Waals surface area contributed by atoms with E-state index in [1.807, 2.05) is 25.1 Å². The molecule has 0 bridgehead atoms. The van der Waals surface area contributed by atoms with Gasteiger partial charge in [0.2, 0.25) is 0 Å². The van der Waals surface area contributed by atoms with Crippen molar-refractivity contribution in [2.45, 2.75) is 37.6 Å². The Hall–Kier alpha value is -3.86. The van der Waals surface area contributed by atoms with Crippen molar-refractivity contribution >= 4 is 23.0 Å². The van der Waals surface area contributed by atoms with Gasteiger partial charge in [-0.3, -0.25) is 4.57 Å². The Labute approximate surface area is 194 Å². The van der Waals surface area contributed by atoms with E-state index in [1.54, 1.807) is 36.4 Å². The number of esters is 1. The number of imidazole rings is 1. The number of hydrogen-bond acceptors (Lipinski definition) is 9. The number of rotatable bonds is 5. The molecule has 1 fully saturated rings. The van der Waals surface area contributed by atoms with Crippen LogP contribution in [-0.2, 0) is 9.47 Å². The van der Waals surface area contributed by atoms with Crippen LogP contribution in [0.4, 0.5) is 5.82 Å². The average Bonchev–Trinajstić information content (AvgIpc) is 3.40. The maximum absolute atomic E-state index is 12.9. The summed E-state index contributed by atoms with van der Waals surface area (Å²) in [5.74, 6) is -0.391. The first kappa shape index (κ1) is 22.0. The normalized spacial score (nSPS) is 23.1. The van der Waals surface area contributed by atoms with E-state index in [2.05, 4.69) is 15.0 Å². The van der Waals surface area contributed by atoms with Gasteiger partial charge in [-0.15, -0.1) is 0 Å². The number of carbonyl (C=O) groups excluding carboxylic acids is 1. The lowest BCUT2D eigenvalue weighted by atomic mass is 9.97. The first-order valence-corrected chi connectivity index (χ1v) is 10.7. The molecule has 4 aromatic rings. The number of nitrogens with zero attached hydrogens (tertiary/aromatic N) is 4. The van der Waals surface area contributed by atoms with Crippen LogP contribution in [0.3, 0.4) is 0 Å². The molecular weight excluding hydrogens is 438 g/mol. The number of hydrogen-bond donors (Lipinski definition) is 3. The monoisotopic (exact) mass is 461 g/mol. The number of carbonyl (C=O) groups is 1. The topological polar surface area (TPSA) is 146 Å². The molecule has 5 rings (SSSR count). The largest absolute Gasteiger partial charge is 0.451 e. The first-order chi connectivity index (χ1) is 16.4. The number of nitrogens with two attached hydrogens (primary N) is 1. The fourth-order valence-corrected chi connectivity index (χ4v) is 4.15. The van der Waals surface area contributed by atoms with E-state index in [0.29, 0.717) is 22.3 Å². The lowest BCUT2D eigenvalue weighted by molar-refractivity contribution is -0.0917. The Morgan fingerprint density at radius 2 is 1.88 bits per heavy atom. The summed E-state index contributed by atoms with van der Waals surface area (Å²) in [5.41, 5.74) is 8.49. The fraction of sp³-hybridized carbons (Fsp3) is 0.250. The van der Waals surface area contributed by atoms with Crippen molar-refractivity contribution in [1.82, 2.24) is 19.5 Å². The van der Waals surface area contributed by atoms with Crippen LogP contribution in [0.25, 0.3) is 11.2 Å². The quantitative estimate of drug-likeness (QED) is 0.380. The van der Waals surface area contributed by atoms with Crippen LogP contribution < -0.4 is 5.73 Å². The number of fused-ring (bicyclic) bond motifs is 1. The van der Waals surface area contributed by atoms with Gasteiger partial charge in [0.1, 0.15) is 30.2 Å². The third kappa shape index (κ3) is 3.87. The van der Waals surface area contributed by atoms with Crippen LogP contribution in [0, 0.1) is 6.92 Å². The van der Waals surface area contributed by atoms with Crippen LogP contribution in [0.5, 0.6) is 0 Å². The molecule has 0 saturated carbocycles. The minimum atomic E-state index is -1.37. The number of benzene rings is 2. The third-order valence-electron chi connectivity index (χ3n) is 5.85. The summed E-state index contributed by atoms with van der Waals surface area (Å²) in [5, 5.41) is 21.9. The molecule has 0 aliphatic carbocycles. The summed E-state index contributed by atoms with van der Waals surface area (Å²) in [6, 6.07) is 15.9. The maximum atomic E-state index is 12.9. The number of ether oxygens (including phenoxy) is 2. The highest BCUT2D eigenvalue weighted by Gasteiger charge is 2.49. The van der Waals surface area contributed by atoms with E-state index >= 15 is 0 Å². The number of anilines is 1. The van der Waals surface area contributed by atoms with Crippen molar-refractivity contribution in [2.75, 3.05) is 5.73 Å². The second-order valence-corrected chi connectivity index (χ2v) is 8.16. The number of aliphatic hydroxyl groups excluding tert-OH is 2. The van der Waals surface area contributed by atoms with E-state index < -0.39 is 36.6 Å². The van der Waals surface area contributed by atoms with Crippen molar-refractivity contribution in [2.24, 2.45) is 0 Å². The summed E-state index contributed by atoms with van der Waals surface area (Å²) >= 11 is 0. The number of aromatic nitrogens is 4. The molecule has 10 nitrogen and oxygen atoms in total. The molecule has 0 radical (unpaired) electrons. The van der Waals surface area contributed by atoms with Gasteiger partial charge in [-0.05, 0) is 24.6 Å². The molecule has 4 N–H and O–H groups in total. The van der Waals surface area contributed by atoms with Crippen LogP contribution >= 0.6 is 0 Å². The maximum Gasteiger partial charge on any atom is 0.338 e. The SMILES string of the molecule is Cc1cccc(C(OC(=O)c2ccccc2)[C@H]2O[C@@H](n3cnc4c(N)ncnc43)[C@H](O)[C@@H]2O)c1. The predicted octanol–water partition coefficient (Wildman–Crippen LogP) is 1.93. The van der Waals surface area contributed by atoms with Gasteiger partial charge in [0, 0.05) is 0 Å². The molecule has 0 spiro atoms. The lowest BCUT2D eigenvalue weighted by Gasteiger charge is -2.26. The predicted molar refractivity (Wildman–Crippen MR) is 121 cm³/mol. The van der Waals surface area contributed by atoms with Gasteiger partial charge in [-0.2, -0.15) is 0 Å². The number of aryl methyl sites for hydroxylation is 1. The van der Waals surface area contributed by atoms with E-state index in [0.717, 1.165) is 5.56 Å². The Morgan fingerprint density at radius 3 is 2.65 bits per heavy atom.